The Morgan fingerprint density at radius 3 is 2.64 bits per heavy atom. The summed E-state index contributed by atoms with van der Waals surface area (Å²) in [5.74, 6) is 0.868. The van der Waals surface area contributed by atoms with Crippen molar-refractivity contribution in [1.82, 2.24) is 0 Å². The first-order valence-electron chi connectivity index (χ1n) is 4.83. The summed E-state index contributed by atoms with van der Waals surface area (Å²) in [5.41, 5.74) is 2.17. The van der Waals surface area contributed by atoms with Gasteiger partial charge in [0.05, 0.1) is 6.10 Å². The fraction of sp³-hybridized carbons (Fsp3) is 0.417. The van der Waals surface area contributed by atoms with Crippen LogP contribution in [0, 0.1) is 6.92 Å². The summed E-state index contributed by atoms with van der Waals surface area (Å²) in [6.07, 6.45) is 1.59. The highest BCUT2D eigenvalue weighted by atomic mass is 16.5. The number of hydrogen-bond donors (Lipinski definition) is 0. The summed E-state index contributed by atoms with van der Waals surface area (Å²) in [7, 11) is 0. The molecule has 0 aliphatic rings. The third kappa shape index (κ3) is 2.87. The summed E-state index contributed by atoms with van der Waals surface area (Å²) in [6.45, 7) is 5.98. The Morgan fingerprint density at radius 1 is 1.43 bits per heavy atom. The maximum atomic E-state index is 10.4. The lowest BCUT2D eigenvalue weighted by molar-refractivity contribution is -0.107. The molecule has 0 heterocycles. The molecule has 1 aromatic rings. The molecule has 0 saturated heterocycles. The first-order chi connectivity index (χ1) is 6.63. The van der Waals surface area contributed by atoms with E-state index < -0.39 is 0 Å². The van der Waals surface area contributed by atoms with E-state index >= 15 is 0 Å². The number of carbonyl (C=O) groups is 1. The predicted octanol–water partition coefficient (Wildman–Crippen LogP) is 2.52. The molecule has 0 bridgehead atoms. The zero-order valence-electron chi connectivity index (χ0n) is 8.91. The Kier molecular flexibility index (Phi) is 3.69. The lowest BCUT2D eigenvalue weighted by atomic mass is 10.1. The van der Waals surface area contributed by atoms with Crippen LogP contribution in [0.25, 0.3) is 0 Å². The molecule has 0 N–H and O–H groups in total. The number of benzene rings is 1. The molecule has 1 aromatic carbocycles. The average molecular weight is 192 g/mol. The van der Waals surface area contributed by atoms with E-state index in [2.05, 4.69) is 0 Å². The van der Waals surface area contributed by atoms with Gasteiger partial charge < -0.3 is 9.53 Å². The zero-order valence-corrected chi connectivity index (χ0v) is 8.91. The molecule has 0 amide bonds. The number of ether oxygens (including phenoxy) is 1. The number of carbonyl (C=O) groups excluding carboxylic acids is 1. The van der Waals surface area contributed by atoms with Gasteiger partial charge in [-0.2, -0.15) is 0 Å². The number of rotatable bonds is 4. The minimum absolute atomic E-state index is 0.186. The second kappa shape index (κ2) is 4.80. The van der Waals surface area contributed by atoms with Gasteiger partial charge in [0.25, 0.3) is 0 Å². The Hall–Kier alpha value is -1.31. The van der Waals surface area contributed by atoms with Crippen LogP contribution in [0.5, 0.6) is 5.75 Å². The van der Waals surface area contributed by atoms with Crippen molar-refractivity contribution in [3.63, 3.8) is 0 Å². The van der Waals surface area contributed by atoms with Crippen LogP contribution in [0.2, 0.25) is 0 Å². The highest BCUT2D eigenvalue weighted by molar-refractivity contribution is 5.56. The largest absolute Gasteiger partial charge is 0.491 e. The normalized spacial score (nSPS) is 10.3. The standard InChI is InChI=1S/C12H16O2/c1-9(2)14-12-5-4-11(6-7-13)10(3)8-12/h4-5,7-9H,6H2,1-3H3. The van der Waals surface area contributed by atoms with Crippen LogP contribution < -0.4 is 4.74 Å². The molecule has 0 saturated carbocycles. The fourth-order valence-corrected chi connectivity index (χ4v) is 1.33. The second-order valence-corrected chi connectivity index (χ2v) is 3.63. The van der Waals surface area contributed by atoms with E-state index in [1.807, 2.05) is 39.0 Å². The van der Waals surface area contributed by atoms with Crippen LogP contribution in [-0.4, -0.2) is 12.4 Å². The van der Waals surface area contributed by atoms with Gasteiger partial charge in [0.2, 0.25) is 0 Å². The van der Waals surface area contributed by atoms with Crippen LogP contribution in [0.15, 0.2) is 18.2 Å². The molecule has 1 rings (SSSR count). The average Bonchev–Trinajstić information content (AvgIpc) is 2.09. The molecule has 0 spiro atoms. The van der Waals surface area contributed by atoms with E-state index in [0.717, 1.165) is 23.2 Å². The zero-order chi connectivity index (χ0) is 10.6. The number of aryl methyl sites for hydroxylation is 1. The van der Waals surface area contributed by atoms with Gasteiger partial charge in [0.15, 0.2) is 0 Å². The van der Waals surface area contributed by atoms with Crippen LogP contribution >= 0.6 is 0 Å². The first-order valence-corrected chi connectivity index (χ1v) is 4.83. The predicted molar refractivity (Wildman–Crippen MR) is 56.7 cm³/mol. The highest BCUT2D eigenvalue weighted by Crippen LogP contribution is 2.18. The molecule has 0 aromatic heterocycles. The minimum Gasteiger partial charge on any atom is -0.491 e. The van der Waals surface area contributed by atoms with Crippen LogP contribution in [-0.2, 0) is 11.2 Å². The van der Waals surface area contributed by atoms with Gasteiger partial charge >= 0.3 is 0 Å². The summed E-state index contributed by atoms with van der Waals surface area (Å²) < 4.78 is 5.54. The van der Waals surface area contributed by atoms with E-state index in [4.69, 9.17) is 4.74 Å². The Morgan fingerprint density at radius 2 is 2.14 bits per heavy atom. The fourth-order valence-electron chi connectivity index (χ4n) is 1.33. The molecule has 0 aliphatic carbocycles. The van der Waals surface area contributed by atoms with Crippen molar-refractivity contribution in [1.29, 1.82) is 0 Å². The van der Waals surface area contributed by atoms with Gasteiger partial charge in [-0.3, -0.25) is 0 Å². The molecule has 0 atom stereocenters. The van der Waals surface area contributed by atoms with Crippen LogP contribution in [0.4, 0.5) is 0 Å². The summed E-state index contributed by atoms with van der Waals surface area (Å²) >= 11 is 0. The van der Waals surface area contributed by atoms with Crippen LogP contribution in [0.1, 0.15) is 25.0 Å². The van der Waals surface area contributed by atoms with Gasteiger partial charge in [-0.25, -0.2) is 0 Å². The number of hydrogen-bond acceptors (Lipinski definition) is 2. The van der Waals surface area contributed by atoms with Gasteiger partial charge in [0, 0.05) is 6.42 Å². The Balaban J connectivity index is 2.83. The minimum atomic E-state index is 0.186. The molecule has 0 aliphatic heterocycles. The maximum absolute atomic E-state index is 10.4. The third-order valence-electron chi connectivity index (χ3n) is 1.99. The van der Waals surface area contributed by atoms with Crippen molar-refractivity contribution in [2.45, 2.75) is 33.3 Å². The second-order valence-electron chi connectivity index (χ2n) is 3.63. The lowest BCUT2D eigenvalue weighted by Crippen LogP contribution is -2.05. The summed E-state index contributed by atoms with van der Waals surface area (Å²) in [5, 5.41) is 0. The quantitative estimate of drug-likeness (QED) is 0.685. The maximum Gasteiger partial charge on any atom is 0.124 e. The Labute approximate surface area is 84.9 Å². The molecule has 0 radical (unpaired) electrons. The molecule has 2 heteroatoms. The van der Waals surface area contributed by atoms with Crippen LogP contribution in [0.3, 0.4) is 0 Å². The number of aldehydes is 1. The van der Waals surface area contributed by atoms with Crippen molar-refractivity contribution < 1.29 is 9.53 Å². The lowest BCUT2D eigenvalue weighted by Gasteiger charge is -2.11. The van der Waals surface area contributed by atoms with Crippen molar-refractivity contribution >= 4 is 6.29 Å². The van der Waals surface area contributed by atoms with Crippen molar-refractivity contribution in [3.05, 3.63) is 29.3 Å². The van der Waals surface area contributed by atoms with Gasteiger partial charge in [-0.05, 0) is 44.0 Å². The highest BCUT2D eigenvalue weighted by Gasteiger charge is 2.01. The summed E-state index contributed by atoms with van der Waals surface area (Å²) in [4.78, 5) is 10.4. The van der Waals surface area contributed by atoms with E-state index in [0.29, 0.717) is 6.42 Å². The summed E-state index contributed by atoms with van der Waals surface area (Å²) in [6, 6.07) is 5.83. The van der Waals surface area contributed by atoms with Gasteiger partial charge in [-0.1, -0.05) is 6.07 Å². The SMILES string of the molecule is Cc1cc(OC(C)C)ccc1CC=O. The smallest absolute Gasteiger partial charge is 0.124 e. The van der Waals surface area contributed by atoms with E-state index in [9.17, 15) is 4.79 Å². The van der Waals surface area contributed by atoms with Crippen molar-refractivity contribution in [3.8, 4) is 5.75 Å². The van der Waals surface area contributed by atoms with E-state index in [-0.39, 0.29) is 6.10 Å². The topological polar surface area (TPSA) is 26.3 Å². The van der Waals surface area contributed by atoms with Crippen molar-refractivity contribution in [2.24, 2.45) is 0 Å². The molecule has 2 nitrogen and oxygen atoms in total. The van der Waals surface area contributed by atoms with E-state index in [1.165, 1.54) is 0 Å². The molecule has 0 unspecified atom stereocenters. The van der Waals surface area contributed by atoms with Gasteiger partial charge in [0.1, 0.15) is 12.0 Å². The molecule has 76 valence electrons. The monoisotopic (exact) mass is 192 g/mol. The third-order valence-corrected chi connectivity index (χ3v) is 1.99. The van der Waals surface area contributed by atoms with E-state index in [1.54, 1.807) is 0 Å². The molecular formula is C12H16O2. The van der Waals surface area contributed by atoms with Gasteiger partial charge in [-0.15, -0.1) is 0 Å². The Bertz CT molecular complexity index is 316. The molecule has 14 heavy (non-hydrogen) atoms. The molecule has 0 fully saturated rings. The van der Waals surface area contributed by atoms with Crippen molar-refractivity contribution in [2.75, 3.05) is 0 Å². The molecular weight excluding hydrogens is 176 g/mol. The first kappa shape index (κ1) is 10.8.